The second kappa shape index (κ2) is 9.19. The van der Waals surface area contributed by atoms with Crippen molar-refractivity contribution < 1.29 is 22.8 Å². The Labute approximate surface area is 198 Å². The number of nitrogens with zero attached hydrogens (tertiary/aromatic N) is 1. The van der Waals surface area contributed by atoms with Crippen molar-refractivity contribution in [2.75, 3.05) is 16.8 Å². The van der Waals surface area contributed by atoms with E-state index >= 15 is 0 Å². The van der Waals surface area contributed by atoms with Crippen molar-refractivity contribution in [3.05, 3.63) is 80.0 Å². The molecule has 1 aliphatic heterocycles. The highest BCUT2D eigenvalue weighted by Gasteiger charge is 2.35. The minimum Gasteiger partial charge on any atom is -0.322 e. The van der Waals surface area contributed by atoms with E-state index in [2.05, 4.69) is 5.32 Å². The highest BCUT2D eigenvalue weighted by atomic mass is 35.5. The maximum atomic E-state index is 13.3. The summed E-state index contributed by atoms with van der Waals surface area (Å²) < 4.78 is 40.3. The highest BCUT2D eigenvalue weighted by molar-refractivity contribution is 7.16. The van der Waals surface area contributed by atoms with Gasteiger partial charge >= 0.3 is 6.18 Å². The largest absolute Gasteiger partial charge is 0.417 e. The predicted molar refractivity (Wildman–Crippen MR) is 125 cm³/mol. The van der Waals surface area contributed by atoms with Gasteiger partial charge in [-0.15, -0.1) is 11.3 Å². The van der Waals surface area contributed by atoms with Gasteiger partial charge in [0.05, 0.1) is 21.2 Å². The van der Waals surface area contributed by atoms with Gasteiger partial charge in [0.2, 0.25) is 0 Å². The summed E-state index contributed by atoms with van der Waals surface area (Å²) in [5, 5.41) is 2.51. The van der Waals surface area contributed by atoms with Crippen LogP contribution in [0.4, 0.5) is 24.5 Å². The first-order chi connectivity index (χ1) is 15.6. The van der Waals surface area contributed by atoms with Crippen molar-refractivity contribution in [1.82, 2.24) is 0 Å². The number of carbonyl (C=O) groups is 2. The van der Waals surface area contributed by atoms with E-state index in [4.69, 9.17) is 11.6 Å². The van der Waals surface area contributed by atoms with Crippen molar-refractivity contribution in [2.24, 2.45) is 0 Å². The molecule has 2 aromatic carbocycles. The fourth-order valence-electron chi connectivity index (χ4n) is 3.94. The number of nitrogens with one attached hydrogen (secondary N) is 1. The summed E-state index contributed by atoms with van der Waals surface area (Å²) in [5.41, 5.74) is 0.730. The summed E-state index contributed by atoms with van der Waals surface area (Å²) in [6, 6.07) is 11.1. The average Bonchev–Trinajstić information content (AvgIpc) is 3.01. The normalized spacial score (nSPS) is 13.9. The molecule has 2 heterocycles. The predicted octanol–water partition coefficient (Wildman–Crippen LogP) is 6.96. The maximum Gasteiger partial charge on any atom is 0.417 e. The zero-order valence-corrected chi connectivity index (χ0v) is 19.2. The second-order valence-corrected chi connectivity index (χ2v) is 9.57. The molecule has 1 N–H and O–H groups in total. The Bertz CT molecular complexity index is 1220. The molecule has 0 bridgehead atoms. The number of halogens is 4. The number of thiophene rings is 1. The molecule has 0 saturated carbocycles. The molecule has 0 unspecified atom stereocenters. The van der Waals surface area contributed by atoms with E-state index in [9.17, 15) is 22.8 Å². The van der Waals surface area contributed by atoms with Crippen molar-refractivity contribution >= 4 is 46.1 Å². The summed E-state index contributed by atoms with van der Waals surface area (Å²) in [6.07, 6.45) is -1.93. The molecule has 2 amide bonds. The van der Waals surface area contributed by atoms with Gasteiger partial charge in [-0.2, -0.15) is 13.2 Å². The zero-order chi connectivity index (χ0) is 23.8. The first-order valence-electron chi connectivity index (χ1n) is 10.3. The topological polar surface area (TPSA) is 49.4 Å². The lowest BCUT2D eigenvalue weighted by atomic mass is 10.0. The SMILES string of the molecule is Cc1cc(NC(=O)c2ccccc2C(F)(F)F)ccc1C(=O)N1CCCCc2sc(Cl)cc21. The van der Waals surface area contributed by atoms with Crippen molar-refractivity contribution in [3.63, 3.8) is 0 Å². The van der Waals surface area contributed by atoms with Crippen LogP contribution in [-0.4, -0.2) is 18.4 Å². The molecule has 0 radical (unpaired) electrons. The van der Waals surface area contributed by atoms with Gasteiger partial charge in [0, 0.05) is 22.7 Å². The smallest absolute Gasteiger partial charge is 0.322 e. The van der Waals surface area contributed by atoms with Gasteiger partial charge < -0.3 is 10.2 Å². The summed E-state index contributed by atoms with van der Waals surface area (Å²) in [4.78, 5) is 28.7. The molecule has 172 valence electrons. The fraction of sp³-hybridized carbons (Fsp3) is 0.250. The van der Waals surface area contributed by atoms with Crippen LogP contribution < -0.4 is 10.2 Å². The fourth-order valence-corrected chi connectivity index (χ4v) is 5.24. The van der Waals surface area contributed by atoms with Crippen LogP contribution >= 0.6 is 22.9 Å². The third-order valence-corrected chi connectivity index (χ3v) is 6.83. The van der Waals surface area contributed by atoms with Crippen LogP contribution in [0.5, 0.6) is 0 Å². The number of benzene rings is 2. The number of alkyl halides is 3. The maximum absolute atomic E-state index is 13.3. The van der Waals surface area contributed by atoms with Crippen LogP contribution in [0.15, 0.2) is 48.5 Å². The Morgan fingerprint density at radius 2 is 1.82 bits per heavy atom. The lowest BCUT2D eigenvalue weighted by Crippen LogP contribution is -2.32. The first kappa shape index (κ1) is 23.3. The number of amides is 2. The minimum atomic E-state index is -4.64. The van der Waals surface area contributed by atoms with Crippen LogP contribution in [0.3, 0.4) is 0 Å². The van der Waals surface area contributed by atoms with Gasteiger partial charge in [-0.3, -0.25) is 9.59 Å². The van der Waals surface area contributed by atoms with Gasteiger partial charge in [0.1, 0.15) is 0 Å². The molecule has 9 heteroatoms. The number of anilines is 2. The summed E-state index contributed by atoms with van der Waals surface area (Å²) in [6.45, 7) is 2.30. The molecule has 0 saturated heterocycles. The molecule has 0 atom stereocenters. The van der Waals surface area contributed by atoms with Crippen LogP contribution in [-0.2, 0) is 12.6 Å². The molecule has 0 aliphatic carbocycles. The Balaban J connectivity index is 1.57. The Morgan fingerprint density at radius 3 is 2.55 bits per heavy atom. The Hall–Kier alpha value is -2.84. The van der Waals surface area contributed by atoms with Gasteiger partial charge in [-0.1, -0.05) is 23.7 Å². The number of carbonyl (C=O) groups excluding carboxylic acids is 2. The standard InChI is InChI=1S/C24H20ClF3N2O2S/c1-14-12-15(29-22(31)17-6-2-3-7-18(17)24(26,27)28)9-10-16(14)23(32)30-11-5-4-8-20-19(30)13-21(25)33-20/h2-3,6-7,9-10,12-13H,4-5,8,11H2,1H3,(H,29,31). The van der Waals surface area contributed by atoms with E-state index in [1.807, 2.05) is 6.07 Å². The summed E-state index contributed by atoms with van der Waals surface area (Å²) >= 11 is 7.66. The molecular formula is C24H20ClF3N2O2S. The van der Waals surface area contributed by atoms with E-state index in [-0.39, 0.29) is 5.91 Å². The Kier molecular flexibility index (Phi) is 6.50. The van der Waals surface area contributed by atoms with Gasteiger partial charge in [-0.25, -0.2) is 0 Å². The van der Waals surface area contributed by atoms with Crippen LogP contribution in [0, 0.1) is 6.92 Å². The third-order valence-electron chi connectivity index (χ3n) is 5.52. The molecule has 33 heavy (non-hydrogen) atoms. The Morgan fingerprint density at radius 1 is 1.06 bits per heavy atom. The minimum absolute atomic E-state index is 0.176. The number of aryl methyl sites for hydroxylation is 2. The third kappa shape index (κ3) is 4.91. The molecule has 1 aromatic heterocycles. The zero-order valence-electron chi connectivity index (χ0n) is 17.6. The quantitative estimate of drug-likeness (QED) is 0.429. The molecule has 0 spiro atoms. The van der Waals surface area contributed by atoms with Crippen molar-refractivity contribution in [1.29, 1.82) is 0 Å². The second-order valence-electron chi connectivity index (χ2n) is 7.80. The molecule has 4 rings (SSSR count). The van der Waals surface area contributed by atoms with Crippen molar-refractivity contribution in [2.45, 2.75) is 32.4 Å². The van der Waals surface area contributed by atoms with E-state index in [1.165, 1.54) is 29.5 Å². The van der Waals surface area contributed by atoms with Gasteiger partial charge in [0.25, 0.3) is 11.8 Å². The molecule has 1 aliphatic rings. The molecule has 3 aromatic rings. The van der Waals surface area contributed by atoms with Crippen molar-refractivity contribution in [3.8, 4) is 0 Å². The highest BCUT2D eigenvalue weighted by Crippen LogP contribution is 2.38. The molecule has 4 nitrogen and oxygen atoms in total. The van der Waals surface area contributed by atoms with E-state index in [0.29, 0.717) is 27.7 Å². The van der Waals surface area contributed by atoms with E-state index < -0.39 is 23.2 Å². The van der Waals surface area contributed by atoms with Gasteiger partial charge in [-0.05, 0) is 68.1 Å². The number of rotatable bonds is 3. The lowest BCUT2D eigenvalue weighted by Gasteiger charge is -2.22. The van der Waals surface area contributed by atoms with Crippen LogP contribution in [0.1, 0.15) is 49.6 Å². The average molecular weight is 493 g/mol. The number of fused-ring (bicyclic) bond motifs is 1. The van der Waals surface area contributed by atoms with Gasteiger partial charge in [0.15, 0.2) is 0 Å². The summed E-state index contributed by atoms with van der Waals surface area (Å²) in [7, 11) is 0. The number of hydrogen-bond acceptors (Lipinski definition) is 3. The molecular weight excluding hydrogens is 473 g/mol. The monoisotopic (exact) mass is 492 g/mol. The lowest BCUT2D eigenvalue weighted by molar-refractivity contribution is -0.137. The molecule has 0 fully saturated rings. The number of hydrogen-bond donors (Lipinski definition) is 1. The van der Waals surface area contributed by atoms with E-state index in [1.54, 1.807) is 24.0 Å². The summed E-state index contributed by atoms with van der Waals surface area (Å²) in [5.74, 6) is -1.04. The first-order valence-corrected chi connectivity index (χ1v) is 11.5. The van der Waals surface area contributed by atoms with Crippen LogP contribution in [0.25, 0.3) is 0 Å². The van der Waals surface area contributed by atoms with E-state index in [0.717, 1.165) is 42.0 Å². The van der Waals surface area contributed by atoms with Crippen LogP contribution in [0.2, 0.25) is 4.34 Å².